The van der Waals surface area contributed by atoms with Crippen molar-refractivity contribution in [1.82, 2.24) is 14.8 Å². The van der Waals surface area contributed by atoms with Crippen molar-refractivity contribution in [2.45, 2.75) is 32.2 Å². The van der Waals surface area contributed by atoms with Gasteiger partial charge in [-0.15, -0.1) is 11.3 Å². The van der Waals surface area contributed by atoms with Gasteiger partial charge in [-0.2, -0.15) is 0 Å². The zero-order valence-corrected chi connectivity index (χ0v) is 15.7. The molecule has 0 N–H and O–H groups in total. The Balaban J connectivity index is 1.37. The number of hydrogen-bond donors (Lipinski definition) is 0. The number of thiazole rings is 1. The number of likely N-dealkylation sites (tertiary alicyclic amines) is 2. The molecule has 1 spiro atoms. The third-order valence-corrected chi connectivity index (χ3v) is 6.53. The third kappa shape index (κ3) is 3.81. The summed E-state index contributed by atoms with van der Waals surface area (Å²) < 4.78 is 13.4. The summed E-state index contributed by atoms with van der Waals surface area (Å²) in [6.45, 7) is 4.69. The van der Waals surface area contributed by atoms with Crippen LogP contribution in [-0.2, 0) is 6.54 Å². The Kier molecular flexibility index (Phi) is 5.05. The van der Waals surface area contributed by atoms with Gasteiger partial charge in [-0.25, -0.2) is 9.37 Å². The van der Waals surface area contributed by atoms with Crippen LogP contribution in [0, 0.1) is 11.2 Å². The van der Waals surface area contributed by atoms with Crippen LogP contribution in [-0.4, -0.2) is 46.9 Å². The lowest BCUT2D eigenvalue weighted by atomic mass is 9.72. The fraction of sp³-hybridized carbons (Fsp3) is 0.500. The van der Waals surface area contributed by atoms with Gasteiger partial charge in [-0.1, -0.05) is 6.07 Å². The molecule has 6 heteroatoms. The fourth-order valence-electron chi connectivity index (χ4n) is 4.36. The second-order valence-corrected chi connectivity index (χ2v) is 8.52. The number of benzene rings is 1. The number of carbonyl (C=O) groups excluding carboxylic acids is 1. The summed E-state index contributed by atoms with van der Waals surface area (Å²) in [5.41, 5.74) is 0.767. The first kappa shape index (κ1) is 17.6. The van der Waals surface area contributed by atoms with Crippen molar-refractivity contribution in [3.05, 3.63) is 52.2 Å². The number of hydrogen-bond acceptors (Lipinski definition) is 4. The Hall–Kier alpha value is -1.79. The van der Waals surface area contributed by atoms with Gasteiger partial charge >= 0.3 is 0 Å². The number of halogens is 1. The molecule has 2 fully saturated rings. The van der Waals surface area contributed by atoms with E-state index in [0.29, 0.717) is 11.0 Å². The molecule has 0 atom stereocenters. The van der Waals surface area contributed by atoms with Crippen LogP contribution in [0.15, 0.2) is 35.8 Å². The largest absolute Gasteiger partial charge is 0.339 e. The Morgan fingerprint density at radius 1 is 1.23 bits per heavy atom. The van der Waals surface area contributed by atoms with Crippen LogP contribution < -0.4 is 0 Å². The highest BCUT2D eigenvalue weighted by Crippen LogP contribution is 2.40. The molecule has 2 aliphatic rings. The minimum atomic E-state index is -0.352. The van der Waals surface area contributed by atoms with Crippen LogP contribution in [0.5, 0.6) is 0 Å². The Labute approximate surface area is 157 Å². The van der Waals surface area contributed by atoms with Gasteiger partial charge in [0.1, 0.15) is 10.8 Å². The normalized spacial score (nSPS) is 20.4. The van der Waals surface area contributed by atoms with E-state index in [9.17, 15) is 9.18 Å². The lowest BCUT2D eigenvalue weighted by molar-refractivity contribution is 0.0197. The standard InChI is InChI=1S/C20H24FN3OS/c21-17-4-1-3-16(13-17)19(25)24-10-6-20(7-11-24)5-2-9-23(15-20)14-18-22-8-12-26-18/h1,3-4,8,12-13H,2,5-7,9-11,14-15H2. The molecular weight excluding hydrogens is 349 g/mol. The molecule has 0 radical (unpaired) electrons. The molecule has 26 heavy (non-hydrogen) atoms. The molecule has 0 unspecified atom stereocenters. The highest BCUT2D eigenvalue weighted by Gasteiger charge is 2.39. The first-order valence-corrected chi connectivity index (χ1v) is 10.2. The molecular formula is C20H24FN3OS. The average molecular weight is 373 g/mol. The molecule has 1 amide bonds. The van der Waals surface area contributed by atoms with Crippen LogP contribution in [0.1, 0.15) is 41.0 Å². The predicted molar refractivity (Wildman–Crippen MR) is 101 cm³/mol. The second kappa shape index (κ2) is 7.45. The van der Waals surface area contributed by atoms with Gasteiger partial charge in [-0.05, 0) is 55.8 Å². The maximum atomic E-state index is 13.4. The molecule has 1 aromatic carbocycles. The van der Waals surface area contributed by atoms with Gasteiger partial charge in [0.25, 0.3) is 5.91 Å². The van der Waals surface area contributed by atoms with Gasteiger partial charge in [0.2, 0.25) is 0 Å². The van der Waals surface area contributed by atoms with E-state index in [4.69, 9.17) is 0 Å². The van der Waals surface area contributed by atoms with E-state index in [1.165, 1.54) is 30.0 Å². The van der Waals surface area contributed by atoms with Gasteiger partial charge in [0.15, 0.2) is 0 Å². The summed E-state index contributed by atoms with van der Waals surface area (Å²) >= 11 is 1.72. The highest BCUT2D eigenvalue weighted by molar-refractivity contribution is 7.09. The van der Waals surface area contributed by atoms with Crippen molar-refractivity contribution in [3.8, 4) is 0 Å². The zero-order valence-electron chi connectivity index (χ0n) is 14.9. The van der Waals surface area contributed by atoms with E-state index < -0.39 is 0 Å². The molecule has 2 saturated heterocycles. The summed E-state index contributed by atoms with van der Waals surface area (Å²) in [6.07, 6.45) is 6.38. The van der Waals surface area contributed by atoms with Gasteiger partial charge in [0, 0.05) is 36.8 Å². The van der Waals surface area contributed by atoms with E-state index >= 15 is 0 Å². The van der Waals surface area contributed by atoms with E-state index in [2.05, 4.69) is 9.88 Å². The summed E-state index contributed by atoms with van der Waals surface area (Å²) in [7, 11) is 0. The van der Waals surface area contributed by atoms with Crippen LogP contribution in [0.4, 0.5) is 4.39 Å². The van der Waals surface area contributed by atoms with Crippen molar-refractivity contribution < 1.29 is 9.18 Å². The molecule has 2 aromatic rings. The van der Waals surface area contributed by atoms with E-state index in [1.807, 2.05) is 16.5 Å². The topological polar surface area (TPSA) is 36.4 Å². The lowest BCUT2D eigenvalue weighted by Gasteiger charge is -2.47. The van der Waals surface area contributed by atoms with Crippen LogP contribution in [0.25, 0.3) is 0 Å². The maximum Gasteiger partial charge on any atom is 0.253 e. The number of aromatic nitrogens is 1. The summed E-state index contributed by atoms with van der Waals surface area (Å²) in [5, 5.41) is 3.21. The molecule has 0 bridgehead atoms. The second-order valence-electron chi connectivity index (χ2n) is 7.54. The number of piperidine rings is 2. The monoisotopic (exact) mass is 373 g/mol. The van der Waals surface area contributed by atoms with Crippen LogP contribution >= 0.6 is 11.3 Å². The Morgan fingerprint density at radius 3 is 2.81 bits per heavy atom. The summed E-state index contributed by atoms with van der Waals surface area (Å²) in [6, 6.07) is 6.02. The first-order valence-electron chi connectivity index (χ1n) is 9.29. The zero-order chi connectivity index (χ0) is 18.0. The number of carbonyl (C=O) groups is 1. The van der Waals surface area contributed by atoms with Crippen molar-refractivity contribution in [2.75, 3.05) is 26.2 Å². The van der Waals surface area contributed by atoms with Gasteiger partial charge < -0.3 is 4.90 Å². The predicted octanol–water partition coefficient (Wildman–Crippen LogP) is 3.80. The number of amides is 1. The Morgan fingerprint density at radius 2 is 2.08 bits per heavy atom. The molecule has 138 valence electrons. The van der Waals surface area contributed by atoms with E-state index in [0.717, 1.165) is 45.6 Å². The quantitative estimate of drug-likeness (QED) is 0.821. The van der Waals surface area contributed by atoms with Gasteiger partial charge in [-0.3, -0.25) is 9.69 Å². The lowest BCUT2D eigenvalue weighted by Crippen LogP contribution is -2.50. The number of nitrogens with zero attached hydrogens (tertiary/aromatic N) is 3. The smallest absolute Gasteiger partial charge is 0.253 e. The van der Waals surface area contributed by atoms with Crippen LogP contribution in [0.2, 0.25) is 0 Å². The highest BCUT2D eigenvalue weighted by atomic mass is 32.1. The van der Waals surface area contributed by atoms with Crippen molar-refractivity contribution in [3.63, 3.8) is 0 Å². The fourth-order valence-corrected chi connectivity index (χ4v) is 5.02. The molecule has 3 heterocycles. The average Bonchev–Trinajstić information content (AvgIpc) is 3.15. The molecule has 1 aromatic heterocycles. The molecule has 4 rings (SSSR count). The minimum absolute atomic E-state index is 0.0465. The molecule has 4 nitrogen and oxygen atoms in total. The minimum Gasteiger partial charge on any atom is -0.339 e. The molecule has 0 aliphatic carbocycles. The molecule has 0 saturated carbocycles. The van der Waals surface area contributed by atoms with E-state index in [1.54, 1.807) is 23.5 Å². The maximum absolute atomic E-state index is 13.4. The Bertz CT molecular complexity index is 756. The van der Waals surface area contributed by atoms with Gasteiger partial charge in [0.05, 0.1) is 6.54 Å². The van der Waals surface area contributed by atoms with Crippen molar-refractivity contribution >= 4 is 17.2 Å². The first-order chi connectivity index (χ1) is 12.6. The van der Waals surface area contributed by atoms with Crippen molar-refractivity contribution in [2.24, 2.45) is 5.41 Å². The van der Waals surface area contributed by atoms with Crippen molar-refractivity contribution in [1.29, 1.82) is 0 Å². The van der Waals surface area contributed by atoms with Crippen LogP contribution in [0.3, 0.4) is 0 Å². The summed E-state index contributed by atoms with van der Waals surface area (Å²) in [5.74, 6) is -0.399. The number of rotatable bonds is 3. The third-order valence-electron chi connectivity index (χ3n) is 5.77. The molecule has 2 aliphatic heterocycles. The SMILES string of the molecule is O=C(c1cccc(F)c1)N1CCC2(CCCN(Cc3nccs3)C2)CC1. The van der Waals surface area contributed by atoms with E-state index in [-0.39, 0.29) is 11.7 Å². The summed E-state index contributed by atoms with van der Waals surface area (Å²) in [4.78, 5) is 21.5.